The molecule has 0 aliphatic heterocycles. The van der Waals surface area contributed by atoms with Gasteiger partial charge in [0.2, 0.25) is 0 Å². The van der Waals surface area contributed by atoms with Gasteiger partial charge in [-0.05, 0) is 0 Å². The zero-order chi connectivity index (χ0) is 4.00. The topological polar surface area (TPSA) is 34.1 Å². The molecular formula is Nb2O2. The molecule has 0 unspecified atom stereocenters. The third-order valence-corrected chi connectivity index (χ3v) is 0. The van der Waals surface area contributed by atoms with Crippen molar-refractivity contribution in [2.45, 2.75) is 0 Å². The van der Waals surface area contributed by atoms with Crippen LogP contribution in [0.2, 0.25) is 0 Å². The summed E-state index contributed by atoms with van der Waals surface area (Å²) in [4.78, 5) is 0. The van der Waals surface area contributed by atoms with E-state index in [0.29, 0.717) is 42.1 Å². The van der Waals surface area contributed by atoms with Crippen LogP contribution >= 0.6 is 0 Å². The van der Waals surface area contributed by atoms with Gasteiger partial charge in [0.1, 0.15) is 0 Å². The summed E-state index contributed by atoms with van der Waals surface area (Å²) in [6.45, 7) is 0. The molecule has 0 N–H and O–H groups in total. The van der Waals surface area contributed by atoms with Gasteiger partial charge in [-0.3, -0.25) is 0 Å². The van der Waals surface area contributed by atoms with Crippen LogP contribution < -0.4 is 0 Å². The molecule has 4 heteroatoms. The van der Waals surface area contributed by atoms with Crippen molar-refractivity contribution in [3.8, 4) is 0 Å². The van der Waals surface area contributed by atoms with Gasteiger partial charge >= 0.3 is 48.6 Å². The van der Waals surface area contributed by atoms with Crippen molar-refractivity contribution < 1.29 is 48.6 Å². The maximum absolute atomic E-state index is 8.30. The molecule has 0 rings (SSSR count). The maximum atomic E-state index is 8.30. The van der Waals surface area contributed by atoms with Crippen LogP contribution in [0.4, 0.5) is 0 Å². The molecule has 0 atom stereocenters. The Hall–Kier alpha value is 1.08. The fourth-order valence-corrected chi connectivity index (χ4v) is 0. The first kappa shape index (κ1) is 8.91. The molecule has 0 radical (unpaired) electrons. The van der Waals surface area contributed by atoms with Gasteiger partial charge < -0.3 is 0 Å². The van der Waals surface area contributed by atoms with E-state index in [-0.39, 0.29) is 0 Å². The second kappa shape index (κ2) is 33.2. The summed E-state index contributed by atoms with van der Waals surface area (Å²) < 4.78 is 16.6. The second-order valence-electron chi connectivity index (χ2n) is 0. The standard InChI is InChI=1S/2Nb.2O. The molecule has 0 heterocycles. The zero-order valence-corrected chi connectivity index (χ0v) is 6.11. The molecule has 0 aromatic rings. The Kier molecular flexibility index (Phi) is 73.9. The van der Waals surface area contributed by atoms with Gasteiger partial charge in [-0.25, -0.2) is 0 Å². The van der Waals surface area contributed by atoms with Crippen molar-refractivity contribution in [2.24, 2.45) is 0 Å². The fourth-order valence-electron chi connectivity index (χ4n) is 0. The third-order valence-electron chi connectivity index (χ3n) is 0. The van der Waals surface area contributed by atoms with Crippen LogP contribution in [-0.4, -0.2) is 0 Å². The molecule has 0 saturated heterocycles. The van der Waals surface area contributed by atoms with Gasteiger partial charge in [-0.2, -0.15) is 0 Å². The molecule has 2 nitrogen and oxygen atoms in total. The van der Waals surface area contributed by atoms with Crippen molar-refractivity contribution in [1.29, 1.82) is 0 Å². The van der Waals surface area contributed by atoms with E-state index in [1.807, 2.05) is 0 Å². The first-order chi connectivity index (χ1) is 2.00. The molecule has 0 aromatic heterocycles. The molecule has 4 heavy (non-hydrogen) atoms. The van der Waals surface area contributed by atoms with E-state index in [2.05, 4.69) is 0 Å². The van der Waals surface area contributed by atoms with Crippen molar-refractivity contribution in [1.82, 2.24) is 0 Å². The molecule has 0 aromatic carbocycles. The Labute approximate surface area is 48.5 Å². The first-order valence-electron chi connectivity index (χ1n) is 0.365. The second-order valence-corrected chi connectivity index (χ2v) is 0. The fraction of sp³-hybridized carbons (Fsp3) is 0. The first-order valence-corrected chi connectivity index (χ1v) is 2.16. The molecule has 0 saturated carbocycles. The van der Waals surface area contributed by atoms with Crippen LogP contribution in [0.3, 0.4) is 0 Å². The van der Waals surface area contributed by atoms with E-state index in [4.69, 9.17) is 6.50 Å². The van der Waals surface area contributed by atoms with Gasteiger partial charge in [0.25, 0.3) is 0 Å². The molecule has 0 fully saturated rings. The molecule has 0 aliphatic carbocycles. The van der Waals surface area contributed by atoms with Gasteiger partial charge in [0.05, 0.1) is 0 Å². The predicted molar refractivity (Wildman–Crippen MR) is 1.37 cm³/mol. The van der Waals surface area contributed by atoms with Gasteiger partial charge in [-0.15, -0.1) is 0 Å². The number of hydrogen-bond donors (Lipinski definition) is 0. The quantitative estimate of drug-likeness (QED) is 0.525. The van der Waals surface area contributed by atoms with Crippen LogP contribution in [0.5, 0.6) is 0 Å². The Morgan fingerprint density at radius 2 is 0.750 bits per heavy atom. The summed E-state index contributed by atoms with van der Waals surface area (Å²) >= 11 is 1.00. The molecule has 22 valence electrons. The Morgan fingerprint density at radius 3 is 0.750 bits per heavy atom. The van der Waals surface area contributed by atoms with Gasteiger partial charge in [0.15, 0.2) is 0 Å². The predicted octanol–water partition coefficient (Wildman–Crippen LogP) is -0.243. The summed E-state index contributed by atoms with van der Waals surface area (Å²) in [5, 5.41) is 0. The third kappa shape index (κ3) is 11.4. The normalized spacial score (nSPS) is 1.50. The summed E-state index contributed by atoms with van der Waals surface area (Å²) in [5.74, 6) is 0. The molecule has 0 spiro atoms. The minimum absolute atomic E-state index is 0.500. The molecular weight excluding hydrogens is 218 g/mol. The van der Waals surface area contributed by atoms with Gasteiger partial charge in [-0.1, -0.05) is 0 Å². The van der Waals surface area contributed by atoms with Crippen LogP contribution in [0.1, 0.15) is 0 Å². The van der Waals surface area contributed by atoms with Gasteiger partial charge in [0, 0.05) is 0 Å². The van der Waals surface area contributed by atoms with E-state index in [1.54, 1.807) is 0 Å². The summed E-state index contributed by atoms with van der Waals surface area (Å²) in [5.41, 5.74) is 0. The summed E-state index contributed by atoms with van der Waals surface area (Å²) in [7, 11) is 0. The number of rotatable bonds is 0. The van der Waals surface area contributed by atoms with E-state index in [9.17, 15) is 0 Å². The van der Waals surface area contributed by atoms with E-state index >= 15 is 0 Å². The van der Waals surface area contributed by atoms with Crippen molar-refractivity contribution in [3.05, 3.63) is 0 Å². The molecule has 0 amide bonds. The SMILES string of the molecule is [O]=[Nb].[O]=[Nb]. The molecule has 0 bridgehead atoms. The average Bonchev–Trinajstić information content (AvgIpc) is 1.50. The van der Waals surface area contributed by atoms with Crippen LogP contribution in [-0.2, 0) is 48.6 Å². The summed E-state index contributed by atoms with van der Waals surface area (Å²) in [6, 6.07) is 0. The van der Waals surface area contributed by atoms with Crippen LogP contribution in [0.25, 0.3) is 0 Å². The zero-order valence-electron chi connectivity index (χ0n) is 1.71. The Bertz CT molecular complexity index is 6.00. The average molecular weight is 218 g/mol. The Morgan fingerprint density at radius 1 is 0.750 bits per heavy atom. The van der Waals surface area contributed by atoms with E-state index in [1.165, 1.54) is 0 Å². The monoisotopic (exact) mass is 218 g/mol. The number of hydrogen-bond acceptors (Lipinski definition) is 2. The van der Waals surface area contributed by atoms with Crippen molar-refractivity contribution in [3.63, 3.8) is 0 Å². The van der Waals surface area contributed by atoms with Crippen LogP contribution in [0.15, 0.2) is 0 Å². The van der Waals surface area contributed by atoms with E-state index in [0.717, 1.165) is 0 Å². The minimum atomic E-state index is 0.500. The van der Waals surface area contributed by atoms with Crippen molar-refractivity contribution >= 4 is 0 Å². The Balaban J connectivity index is 0. The van der Waals surface area contributed by atoms with Crippen molar-refractivity contribution in [2.75, 3.05) is 0 Å². The van der Waals surface area contributed by atoms with Crippen LogP contribution in [0, 0.1) is 0 Å². The summed E-state index contributed by atoms with van der Waals surface area (Å²) in [6.07, 6.45) is 0. The molecule has 0 aliphatic rings. The van der Waals surface area contributed by atoms with E-state index < -0.39 is 0 Å².